The summed E-state index contributed by atoms with van der Waals surface area (Å²) in [4.78, 5) is 5.29. The molecule has 0 fully saturated rings. The van der Waals surface area contributed by atoms with Crippen LogP contribution in [0.25, 0.3) is 0 Å². The first-order valence-electron chi connectivity index (χ1n) is 10.2. The Labute approximate surface area is 159 Å². The van der Waals surface area contributed by atoms with E-state index in [-0.39, 0.29) is 22.2 Å². The average molecular weight is 356 g/mol. The topological polar surface area (TPSA) is 18.5 Å². The van der Waals surface area contributed by atoms with Gasteiger partial charge in [-0.05, 0) is 95.9 Å². The minimum Gasteiger partial charge on any atom is -0.286 e. The van der Waals surface area contributed by atoms with Crippen LogP contribution in [0.2, 0.25) is 0 Å². The molecule has 0 radical (unpaired) electrons. The molecule has 3 heteroatoms. The number of hydrogen-bond acceptors (Lipinski definition) is 3. The lowest BCUT2D eigenvalue weighted by Crippen LogP contribution is -2.68. The van der Waals surface area contributed by atoms with Crippen molar-refractivity contribution in [3.05, 3.63) is 0 Å². The van der Waals surface area contributed by atoms with E-state index < -0.39 is 0 Å². The zero-order valence-corrected chi connectivity index (χ0v) is 20.0. The molecular formula is C22H49N3. The van der Waals surface area contributed by atoms with E-state index in [1.54, 1.807) is 0 Å². The first kappa shape index (κ1) is 24.9. The maximum Gasteiger partial charge on any atom is 0.0615 e. The van der Waals surface area contributed by atoms with Crippen LogP contribution in [-0.4, -0.2) is 44.3 Å². The lowest BCUT2D eigenvalue weighted by molar-refractivity contribution is -0.0690. The number of rotatable bonds is 6. The minimum atomic E-state index is 0.110. The molecule has 0 aromatic heterocycles. The first-order chi connectivity index (χ1) is 10.9. The van der Waals surface area contributed by atoms with Gasteiger partial charge in [0.25, 0.3) is 0 Å². The fraction of sp³-hybridized carbons (Fsp3) is 1.00. The van der Waals surface area contributed by atoms with E-state index in [1.165, 1.54) is 0 Å². The van der Waals surface area contributed by atoms with Crippen LogP contribution in [0.1, 0.15) is 110 Å². The molecule has 3 nitrogen and oxygen atoms in total. The molecule has 0 bridgehead atoms. The number of nitrogens with one attached hydrogen (secondary N) is 1. The molecule has 0 rings (SSSR count). The van der Waals surface area contributed by atoms with Crippen LogP contribution >= 0.6 is 0 Å². The van der Waals surface area contributed by atoms with Gasteiger partial charge in [0.05, 0.1) is 12.3 Å². The third-order valence-corrected chi connectivity index (χ3v) is 4.67. The Balaban J connectivity index is 5.83. The molecule has 0 saturated carbocycles. The maximum atomic E-state index is 4.03. The van der Waals surface area contributed by atoms with Gasteiger partial charge in [-0.25, -0.2) is 0 Å². The summed E-state index contributed by atoms with van der Waals surface area (Å²) >= 11 is 0. The fourth-order valence-corrected chi connectivity index (χ4v) is 4.85. The zero-order valence-electron chi connectivity index (χ0n) is 20.0. The third kappa shape index (κ3) is 7.19. The SMILES string of the molecule is CCC(NC(CC)N(C(C)(C)C)C(C)(C)C)N(C(C)(C)C)C(C)(C)C. The summed E-state index contributed by atoms with van der Waals surface area (Å²) in [6.07, 6.45) is 2.87. The molecule has 0 amide bonds. The van der Waals surface area contributed by atoms with Crippen LogP contribution in [0.4, 0.5) is 0 Å². The minimum absolute atomic E-state index is 0.110. The Morgan fingerprint density at radius 1 is 0.520 bits per heavy atom. The van der Waals surface area contributed by atoms with Crippen LogP contribution in [0.5, 0.6) is 0 Å². The molecule has 1 N–H and O–H groups in total. The normalized spacial score (nSPS) is 17.3. The largest absolute Gasteiger partial charge is 0.286 e. The average Bonchev–Trinajstić information content (AvgIpc) is 2.29. The van der Waals surface area contributed by atoms with E-state index in [0.29, 0.717) is 12.3 Å². The van der Waals surface area contributed by atoms with Gasteiger partial charge in [0.1, 0.15) is 0 Å². The van der Waals surface area contributed by atoms with E-state index in [2.05, 4.69) is 112 Å². The summed E-state index contributed by atoms with van der Waals surface area (Å²) in [6, 6.07) is 0. The molecule has 0 aliphatic rings. The Bertz CT molecular complexity index is 321. The highest BCUT2D eigenvalue weighted by Gasteiger charge is 2.41. The summed E-state index contributed by atoms with van der Waals surface area (Å²) in [6.45, 7) is 32.5. The molecule has 2 unspecified atom stereocenters. The summed E-state index contributed by atoms with van der Waals surface area (Å²) in [7, 11) is 0. The highest BCUT2D eigenvalue weighted by atomic mass is 15.4. The Hall–Kier alpha value is -0.120. The number of nitrogens with zero attached hydrogens (tertiary/aromatic N) is 2. The van der Waals surface area contributed by atoms with Crippen molar-refractivity contribution in [1.82, 2.24) is 15.1 Å². The Morgan fingerprint density at radius 2 is 0.720 bits per heavy atom. The van der Waals surface area contributed by atoms with Gasteiger partial charge in [0, 0.05) is 22.2 Å². The molecule has 0 aliphatic carbocycles. The van der Waals surface area contributed by atoms with Gasteiger partial charge in [-0.2, -0.15) is 0 Å². The molecule has 2 atom stereocenters. The van der Waals surface area contributed by atoms with Gasteiger partial charge < -0.3 is 0 Å². The van der Waals surface area contributed by atoms with Crippen molar-refractivity contribution in [2.45, 2.75) is 144 Å². The lowest BCUT2D eigenvalue weighted by atomic mass is 9.92. The fourth-order valence-electron chi connectivity index (χ4n) is 4.85. The van der Waals surface area contributed by atoms with E-state index >= 15 is 0 Å². The lowest BCUT2D eigenvalue weighted by Gasteiger charge is -2.54. The van der Waals surface area contributed by atoms with Crippen LogP contribution < -0.4 is 5.32 Å². The van der Waals surface area contributed by atoms with Crippen LogP contribution in [-0.2, 0) is 0 Å². The standard InChI is InChI=1S/C22H49N3/c1-15-17(24(19(3,4)5)20(6,7)8)23-18(16-2)25(21(9,10)11)22(12,13)14/h17-18,23H,15-16H2,1-14H3. The summed E-state index contributed by atoms with van der Waals surface area (Å²) in [5.74, 6) is 0. The molecular weight excluding hydrogens is 306 g/mol. The van der Waals surface area contributed by atoms with E-state index in [4.69, 9.17) is 0 Å². The highest BCUT2D eigenvalue weighted by molar-refractivity contribution is 4.95. The van der Waals surface area contributed by atoms with Gasteiger partial charge in [0.15, 0.2) is 0 Å². The highest BCUT2D eigenvalue weighted by Crippen LogP contribution is 2.31. The van der Waals surface area contributed by atoms with Gasteiger partial charge in [-0.3, -0.25) is 15.1 Å². The molecule has 0 aromatic carbocycles. The third-order valence-electron chi connectivity index (χ3n) is 4.67. The maximum absolute atomic E-state index is 4.03. The molecule has 0 spiro atoms. The van der Waals surface area contributed by atoms with E-state index in [9.17, 15) is 0 Å². The number of hydrogen-bond donors (Lipinski definition) is 1. The van der Waals surface area contributed by atoms with Crippen molar-refractivity contribution in [1.29, 1.82) is 0 Å². The first-order valence-corrected chi connectivity index (χ1v) is 10.2. The second-order valence-electron chi connectivity index (χ2n) is 11.4. The van der Waals surface area contributed by atoms with Gasteiger partial charge in [-0.15, -0.1) is 0 Å². The van der Waals surface area contributed by atoms with Crippen molar-refractivity contribution in [2.75, 3.05) is 0 Å². The molecule has 152 valence electrons. The zero-order chi connectivity index (χ0) is 20.4. The van der Waals surface area contributed by atoms with Crippen LogP contribution in [0.3, 0.4) is 0 Å². The van der Waals surface area contributed by atoms with E-state index in [1.807, 2.05) is 0 Å². The summed E-state index contributed by atoms with van der Waals surface area (Å²) in [5.41, 5.74) is 0.439. The Morgan fingerprint density at radius 3 is 0.840 bits per heavy atom. The second kappa shape index (κ2) is 8.27. The molecule has 0 aliphatic heterocycles. The molecule has 25 heavy (non-hydrogen) atoms. The monoisotopic (exact) mass is 355 g/mol. The summed E-state index contributed by atoms with van der Waals surface area (Å²) in [5, 5.41) is 4.03. The molecule has 0 saturated heterocycles. The van der Waals surface area contributed by atoms with Crippen molar-refractivity contribution in [2.24, 2.45) is 0 Å². The van der Waals surface area contributed by atoms with Gasteiger partial charge in [0.2, 0.25) is 0 Å². The molecule has 0 heterocycles. The smallest absolute Gasteiger partial charge is 0.0615 e. The predicted molar refractivity (Wildman–Crippen MR) is 114 cm³/mol. The quantitative estimate of drug-likeness (QED) is 0.603. The van der Waals surface area contributed by atoms with Gasteiger partial charge >= 0.3 is 0 Å². The van der Waals surface area contributed by atoms with E-state index in [0.717, 1.165) is 12.8 Å². The molecule has 0 aromatic rings. The second-order valence-corrected chi connectivity index (χ2v) is 11.4. The van der Waals surface area contributed by atoms with Crippen molar-refractivity contribution >= 4 is 0 Å². The van der Waals surface area contributed by atoms with Crippen molar-refractivity contribution in [3.63, 3.8) is 0 Å². The van der Waals surface area contributed by atoms with Crippen LogP contribution in [0, 0.1) is 0 Å². The summed E-state index contributed by atoms with van der Waals surface area (Å²) < 4.78 is 0. The van der Waals surface area contributed by atoms with Gasteiger partial charge in [-0.1, -0.05) is 13.8 Å². The van der Waals surface area contributed by atoms with Crippen molar-refractivity contribution in [3.8, 4) is 0 Å². The van der Waals surface area contributed by atoms with Crippen molar-refractivity contribution < 1.29 is 0 Å². The van der Waals surface area contributed by atoms with Crippen LogP contribution in [0.15, 0.2) is 0 Å². The Kier molecular flexibility index (Phi) is 8.23. The predicted octanol–water partition coefficient (Wildman–Crippen LogP) is 5.85.